The zero-order valence-electron chi connectivity index (χ0n) is 52.7. The van der Waals surface area contributed by atoms with Crippen LogP contribution in [-0.4, -0.2) is 37.2 Å². The first-order valence-electron chi connectivity index (χ1n) is 35.0. The average Bonchev–Trinajstić information content (AvgIpc) is 3.44. The summed E-state index contributed by atoms with van der Waals surface area (Å²) >= 11 is 0. The van der Waals surface area contributed by atoms with E-state index < -0.39 is 6.10 Å². The van der Waals surface area contributed by atoms with Gasteiger partial charge in [-0.2, -0.15) is 0 Å². The Morgan fingerprint density at radius 3 is 0.718 bits per heavy atom. The summed E-state index contributed by atoms with van der Waals surface area (Å²) in [5, 5.41) is 0. The van der Waals surface area contributed by atoms with E-state index in [2.05, 4.69) is 57.2 Å². The number of rotatable bonds is 65. The summed E-state index contributed by atoms with van der Waals surface area (Å²) in [5.74, 6) is -0.845. The maximum Gasteiger partial charge on any atom is 0.306 e. The van der Waals surface area contributed by atoms with Gasteiger partial charge in [-0.3, -0.25) is 14.4 Å². The molecule has 0 bridgehead atoms. The number of allylic oxidation sites excluding steroid dienone is 6. The first kappa shape index (κ1) is 75.6. The molecular formula is C72H134O6. The molecule has 0 aliphatic heterocycles. The Kier molecular flexibility index (Phi) is 65.1. The fraction of sp³-hybridized carbons (Fsp3) is 0.875. The summed E-state index contributed by atoms with van der Waals surface area (Å²) in [6.45, 7) is 6.70. The second-order valence-electron chi connectivity index (χ2n) is 23.8. The molecule has 1 atom stereocenters. The third-order valence-electron chi connectivity index (χ3n) is 15.9. The van der Waals surface area contributed by atoms with Crippen molar-refractivity contribution in [1.29, 1.82) is 0 Å². The molecule has 1 unspecified atom stereocenters. The van der Waals surface area contributed by atoms with Crippen molar-refractivity contribution in [3.63, 3.8) is 0 Å². The van der Waals surface area contributed by atoms with Crippen molar-refractivity contribution >= 4 is 17.9 Å². The lowest BCUT2D eigenvalue weighted by atomic mass is 10.0. The lowest BCUT2D eigenvalue weighted by molar-refractivity contribution is -0.167. The van der Waals surface area contributed by atoms with Crippen molar-refractivity contribution in [3.05, 3.63) is 36.5 Å². The van der Waals surface area contributed by atoms with E-state index in [0.717, 1.165) is 64.2 Å². The summed E-state index contributed by atoms with van der Waals surface area (Å²) in [5.41, 5.74) is 0. The Balaban J connectivity index is 4.31. The maximum atomic E-state index is 13.0. The quantitative estimate of drug-likeness (QED) is 0.0261. The number of ether oxygens (including phenoxy) is 3. The SMILES string of the molecule is CCCCCCC/C=C\C/C=C\CCCCCCCCCCCC(=O)OC(COC(=O)CCCCCCCCCCCCC/C=C\CCCCCCCCCC)COC(=O)CCCCCCCCCCCCCCCCCC. The van der Waals surface area contributed by atoms with Crippen LogP contribution in [0.5, 0.6) is 0 Å². The molecule has 0 fully saturated rings. The Morgan fingerprint density at radius 2 is 0.462 bits per heavy atom. The predicted octanol–water partition coefficient (Wildman–Crippen LogP) is 23.9. The molecule has 0 aliphatic rings. The third kappa shape index (κ3) is 64.5. The molecule has 0 N–H and O–H groups in total. The van der Waals surface area contributed by atoms with Gasteiger partial charge in [0, 0.05) is 19.3 Å². The summed E-state index contributed by atoms with van der Waals surface area (Å²) < 4.78 is 17.0. The molecule has 0 aliphatic carbocycles. The van der Waals surface area contributed by atoms with Gasteiger partial charge < -0.3 is 14.2 Å². The lowest BCUT2D eigenvalue weighted by Gasteiger charge is -2.18. The van der Waals surface area contributed by atoms with Gasteiger partial charge >= 0.3 is 17.9 Å². The first-order valence-corrected chi connectivity index (χ1v) is 35.0. The smallest absolute Gasteiger partial charge is 0.306 e. The summed E-state index contributed by atoms with van der Waals surface area (Å²) in [6.07, 6.45) is 83.0. The standard InChI is InChI=1S/C72H134O6/c1-4-7-10-13-16-19-22-25-28-31-33-35-36-38-39-41-44-47-50-53-56-59-62-65-71(74)77-68-69(67-76-70(73)64-61-58-55-52-49-46-43-30-27-24-21-18-15-12-9-6-3)78-72(75)66-63-60-57-54-51-48-45-42-40-37-34-32-29-26-23-20-17-14-11-8-5-2/h23,26,31-34,69H,4-22,24-25,27-30,35-68H2,1-3H3/b26-23-,33-31-,34-32-. The van der Waals surface area contributed by atoms with Gasteiger partial charge in [-0.25, -0.2) is 0 Å². The number of esters is 3. The van der Waals surface area contributed by atoms with Crippen molar-refractivity contribution in [2.75, 3.05) is 13.2 Å². The van der Waals surface area contributed by atoms with E-state index in [4.69, 9.17) is 14.2 Å². The topological polar surface area (TPSA) is 78.9 Å². The van der Waals surface area contributed by atoms with Crippen LogP contribution in [0.2, 0.25) is 0 Å². The van der Waals surface area contributed by atoms with Crippen LogP contribution in [0, 0.1) is 0 Å². The highest BCUT2D eigenvalue weighted by Crippen LogP contribution is 2.18. The van der Waals surface area contributed by atoms with Crippen LogP contribution in [0.1, 0.15) is 387 Å². The molecule has 0 rings (SSSR count). The van der Waals surface area contributed by atoms with Gasteiger partial charge in [0.15, 0.2) is 6.10 Å². The van der Waals surface area contributed by atoms with E-state index in [1.54, 1.807) is 0 Å². The van der Waals surface area contributed by atoms with E-state index in [1.807, 2.05) is 0 Å². The van der Waals surface area contributed by atoms with Crippen molar-refractivity contribution < 1.29 is 28.6 Å². The number of unbranched alkanes of at least 4 members (excludes halogenated alkanes) is 48. The molecule has 78 heavy (non-hydrogen) atoms. The second kappa shape index (κ2) is 67.1. The third-order valence-corrected chi connectivity index (χ3v) is 15.9. The van der Waals surface area contributed by atoms with Crippen molar-refractivity contribution in [3.8, 4) is 0 Å². The highest BCUT2D eigenvalue weighted by atomic mass is 16.6. The molecule has 0 aromatic heterocycles. The fourth-order valence-electron chi connectivity index (χ4n) is 10.6. The van der Waals surface area contributed by atoms with Crippen LogP contribution in [0.4, 0.5) is 0 Å². The lowest BCUT2D eigenvalue weighted by Crippen LogP contribution is -2.30. The van der Waals surface area contributed by atoms with Crippen LogP contribution in [-0.2, 0) is 28.6 Å². The van der Waals surface area contributed by atoms with Crippen LogP contribution < -0.4 is 0 Å². The highest BCUT2D eigenvalue weighted by molar-refractivity contribution is 5.71. The number of hydrogen-bond donors (Lipinski definition) is 0. The molecule has 0 amide bonds. The Labute approximate surface area is 486 Å². The fourth-order valence-corrected chi connectivity index (χ4v) is 10.6. The van der Waals surface area contributed by atoms with Crippen LogP contribution in [0.3, 0.4) is 0 Å². The molecule has 0 heterocycles. The molecule has 0 saturated carbocycles. The van der Waals surface area contributed by atoms with E-state index in [1.165, 1.54) is 283 Å². The number of hydrogen-bond acceptors (Lipinski definition) is 6. The normalized spacial score (nSPS) is 12.2. The largest absolute Gasteiger partial charge is 0.462 e. The Morgan fingerprint density at radius 1 is 0.256 bits per heavy atom. The van der Waals surface area contributed by atoms with Gasteiger partial charge in [0.25, 0.3) is 0 Å². The minimum atomic E-state index is -0.773. The minimum Gasteiger partial charge on any atom is -0.462 e. The molecule has 0 radical (unpaired) electrons. The maximum absolute atomic E-state index is 13.0. The van der Waals surface area contributed by atoms with Crippen molar-refractivity contribution in [1.82, 2.24) is 0 Å². The zero-order chi connectivity index (χ0) is 56.4. The summed E-state index contributed by atoms with van der Waals surface area (Å²) in [7, 11) is 0. The molecule has 0 saturated heterocycles. The Hall–Kier alpha value is -2.37. The molecular weight excluding hydrogens is 961 g/mol. The van der Waals surface area contributed by atoms with Crippen LogP contribution in [0.25, 0.3) is 0 Å². The van der Waals surface area contributed by atoms with Gasteiger partial charge in [0.05, 0.1) is 0 Å². The Bertz CT molecular complexity index is 1300. The molecule has 0 spiro atoms. The average molecular weight is 1100 g/mol. The van der Waals surface area contributed by atoms with E-state index >= 15 is 0 Å². The number of carbonyl (C=O) groups excluding carboxylic acids is 3. The zero-order valence-corrected chi connectivity index (χ0v) is 52.7. The number of carbonyl (C=O) groups is 3. The van der Waals surface area contributed by atoms with Gasteiger partial charge in [-0.05, 0) is 77.0 Å². The van der Waals surface area contributed by atoms with Gasteiger partial charge in [0.2, 0.25) is 0 Å². The van der Waals surface area contributed by atoms with E-state index in [-0.39, 0.29) is 31.1 Å². The molecule has 458 valence electrons. The predicted molar refractivity (Wildman–Crippen MR) is 339 cm³/mol. The minimum absolute atomic E-state index is 0.0690. The van der Waals surface area contributed by atoms with Crippen LogP contribution in [0.15, 0.2) is 36.5 Å². The monoisotopic (exact) mass is 1100 g/mol. The molecule has 0 aromatic carbocycles. The summed E-state index contributed by atoms with van der Waals surface area (Å²) in [4.78, 5) is 38.4. The van der Waals surface area contributed by atoms with E-state index in [9.17, 15) is 14.4 Å². The first-order chi connectivity index (χ1) is 38.5. The molecule has 6 nitrogen and oxygen atoms in total. The van der Waals surface area contributed by atoms with Gasteiger partial charge in [-0.15, -0.1) is 0 Å². The van der Waals surface area contributed by atoms with Gasteiger partial charge in [0.1, 0.15) is 13.2 Å². The van der Waals surface area contributed by atoms with E-state index in [0.29, 0.717) is 19.3 Å². The van der Waals surface area contributed by atoms with Crippen LogP contribution >= 0.6 is 0 Å². The van der Waals surface area contributed by atoms with Crippen molar-refractivity contribution in [2.24, 2.45) is 0 Å². The van der Waals surface area contributed by atoms with Crippen molar-refractivity contribution in [2.45, 2.75) is 393 Å². The highest BCUT2D eigenvalue weighted by Gasteiger charge is 2.19. The molecule has 6 heteroatoms. The second-order valence-corrected chi connectivity index (χ2v) is 23.8. The van der Waals surface area contributed by atoms with Gasteiger partial charge in [-0.1, -0.05) is 327 Å². The molecule has 0 aromatic rings. The summed E-state index contributed by atoms with van der Waals surface area (Å²) in [6, 6.07) is 0.